The molecule has 0 aliphatic carbocycles. The van der Waals surface area contributed by atoms with Gasteiger partial charge in [-0.2, -0.15) is 0 Å². The Labute approximate surface area is 110 Å². The molecular formula is C12H18BrN3O. The van der Waals surface area contributed by atoms with Crippen molar-refractivity contribution < 1.29 is 4.79 Å². The van der Waals surface area contributed by atoms with Crippen LogP contribution in [-0.4, -0.2) is 19.0 Å². The number of nitrogen functional groups attached to an aromatic ring is 1. The molecule has 0 aliphatic heterocycles. The number of nitrogens with zero attached hydrogens (tertiary/aromatic N) is 1. The second-order valence-electron chi connectivity index (χ2n) is 4.44. The summed E-state index contributed by atoms with van der Waals surface area (Å²) in [7, 11) is 0. The van der Waals surface area contributed by atoms with Crippen molar-refractivity contribution in [2.24, 2.45) is 11.7 Å². The summed E-state index contributed by atoms with van der Waals surface area (Å²) in [4.78, 5) is 13.0. The Balaban J connectivity index is 3.02. The van der Waals surface area contributed by atoms with E-state index in [-0.39, 0.29) is 12.5 Å². The van der Waals surface area contributed by atoms with E-state index < -0.39 is 0 Å². The number of hydrogen-bond acceptors (Lipinski definition) is 3. The molecule has 0 saturated heterocycles. The van der Waals surface area contributed by atoms with Gasteiger partial charge in [-0.3, -0.25) is 4.79 Å². The molecule has 5 heteroatoms. The first-order valence-corrected chi connectivity index (χ1v) is 6.27. The molecule has 94 valence electrons. The summed E-state index contributed by atoms with van der Waals surface area (Å²) in [5.74, 6) is 0.0674. The second-order valence-corrected chi connectivity index (χ2v) is 5.36. The Morgan fingerprint density at radius 2 is 2.12 bits per heavy atom. The van der Waals surface area contributed by atoms with E-state index in [9.17, 15) is 4.79 Å². The topological polar surface area (TPSA) is 72.3 Å². The van der Waals surface area contributed by atoms with Crippen LogP contribution in [0.2, 0.25) is 0 Å². The number of primary amides is 1. The number of rotatable bonds is 5. The van der Waals surface area contributed by atoms with Gasteiger partial charge in [-0.1, -0.05) is 29.8 Å². The first kappa shape index (κ1) is 13.8. The number of carbonyl (C=O) groups is 1. The molecule has 0 aromatic heterocycles. The summed E-state index contributed by atoms with van der Waals surface area (Å²) in [6.45, 7) is 5.09. The lowest BCUT2D eigenvalue weighted by Gasteiger charge is -2.26. The highest BCUT2D eigenvalue weighted by Gasteiger charge is 2.14. The van der Waals surface area contributed by atoms with E-state index in [0.29, 0.717) is 11.6 Å². The number of carbonyl (C=O) groups excluding carboxylic acids is 1. The van der Waals surface area contributed by atoms with Crippen molar-refractivity contribution in [1.29, 1.82) is 0 Å². The van der Waals surface area contributed by atoms with Gasteiger partial charge < -0.3 is 16.4 Å². The summed E-state index contributed by atoms with van der Waals surface area (Å²) in [5.41, 5.74) is 12.7. The fraction of sp³-hybridized carbons (Fsp3) is 0.417. The zero-order valence-corrected chi connectivity index (χ0v) is 11.7. The highest BCUT2D eigenvalue weighted by molar-refractivity contribution is 9.10. The summed E-state index contributed by atoms with van der Waals surface area (Å²) in [6.07, 6.45) is 0. The van der Waals surface area contributed by atoms with Crippen LogP contribution in [0.3, 0.4) is 0 Å². The third-order valence-corrected chi connectivity index (χ3v) is 2.76. The maximum Gasteiger partial charge on any atom is 0.236 e. The van der Waals surface area contributed by atoms with Crippen molar-refractivity contribution >= 4 is 33.2 Å². The van der Waals surface area contributed by atoms with E-state index in [1.54, 1.807) is 0 Å². The van der Waals surface area contributed by atoms with Gasteiger partial charge in [0.25, 0.3) is 0 Å². The van der Waals surface area contributed by atoms with Gasteiger partial charge in [0.2, 0.25) is 5.91 Å². The Kier molecular flexibility index (Phi) is 4.81. The number of hydrogen-bond donors (Lipinski definition) is 2. The van der Waals surface area contributed by atoms with Crippen LogP contribution in [0.1, 0.15) is 13.8 Å². The molecular weight excluding hydrogens is 282 g/mol. The molecule has 17 heavy (non-hydrogen) atoms. The standard InChI is InChI=1S/C12H18BrN3O/c1-8(2)6-16(7-12(15)17)11-5-9(13)3-4-10(11)14/h3-5,8H,6-7,14H2,1-2H3,(H2,15,17). The normalized spacial score (nSPS) is 10.6. The van der Waals surface area contributed by atoms with Gasteiger partial charge in [-0.15, -0.1) is 0 Å². The predicted molar refractivity (Wildman–Crippen MR) is 74.8 cm³/mol. The smallest absolute Gasteiger partial charge is 0.236 e. The molecule has 0 radical (unpaired) electrons. The third-order valence-electron chi connectivity index (χ3n) is 2.27. The summed E-state index contributed by atoms with van der Waals surface area (Å²) in [5, 5.41) is 0. The molecule has 1 amide bonds. The van der Waals surface area contributed by atoms with Crippen LogP contribution in [0.4, 0.5) is 11.4 Å². The molecule has 1 aromatic rings. The first-order chi connectivity index (χ1) is 7.90. The molecule has 0 aliphatic rings. The Morgan fingerprint density at radius 3 is 2.65 bits per heavy atom. The van der Waals surface area contributed by atoms with Crippen LogP contribution in [0.15, 0.2) is 22.7 Å². The molecule has 1 aromatic carbocycles. The van der Waals surface area contributed by atoms with Crippen molar-refractivity contribution in [2.45, 2.75) is 13.8 Å². The number of halogens is 1. The van der Waals surface area contributed by atoms with Gasteiger partial charge in [0.05, 0.1) is 17.9 Å². The molecule has 0 saturated carbocycles. The zero-order chi connectivity index (χ0) is 13.0. The molecule has 0 bridgehead atoms. The van der Waals surface area contributed by atoms with Crippen molar-refractivity contribution in [1.82, 2.24) is 0 Å². The number of nitrogens with two attached hydrogens (primary N) is 2. The quantitative estimate of drug-likeness (QED) is 0.817. The van der Waals surface area contributed by atoms with Gasteiger partial charge in [0.15, 0.2) is 0 Å². The minimum absolute atomic E-state index is 0.179. The van der Waals surface area contributed by atoms with E-state index in [0.717, 1.165) is 16.7 Å². The van der Waals surface area contributed by atoms with Crippen LogP contribution in [0.5, 0.6) is 0 Å². The van der Waals surface area contributed by atoms with Crippen molar-refractivity contribution in [3.63, 3.8) is 0 Å². The van der Waals surface area contributed by atoms with Gasteiger partial charge >= 0.3 is 0 Å². The predicted octanol–water partition coefficient (Wildman–Crippen LogP) is 1.98. The van der Waals surface area contributed by atoms with Gasteiger partial charge in [0, 0.05) is 11.0 Å². The van der Waals surface area contributed by atoms with Crippen LogP contribution < -0.4 is 16.4 Å². The SMILES string of the molecule is CC(C)CN(CC(N)=O)c1cc(Br)ccc1N. The van der Waals surface area contributed by atoms with Gasteiger partial charge in [-0.05, 0) is 24.1 Å². The lowest BCUT2D eigenvalue weighted by Crippen LogP contribution is -2.36. The maximum atomic E-state index is 11.1. The number of benzene rings is 1. The highest BCUT2D eigenvalue weighted by atomic mass is 79.9. The van der Waals surface area contributed by atoms with Gasteiger partial charge in [0.1, 0.15) is 0 Å². The molecule has 4 N–H and O–H groups in total. The van der Waals surface area contributed by atoms with Crippen molar-refractivity contribution in [2.75, 3.05) is 23.7 Å². The zero-order valence-electron chi connectivity index (χ0n) is 10.1. The van der Waals surface area contributed by atoms with Crippen molar-refractivity contribution in [3.05, 3.63) is 22.7 Å². The van der Waals surface area contributed by atoms with Crippen LogP contribution in [0, 0.1) is 5.92 Å². The second kappa shape index (κ2) is 5.91. The van der Waals surface area contributed by atoms with E-state index in [1.807, 2.05) is 23.1 Å². The van der Waals surface area contributed by atoms with Gasteiger partial charge in [-0.25, -0.2) is 0 Å². The molecule has 0 spiro atoms. The minimum Gasteiger partial charge on any atom is -0.397 e. The molecule has 1 rings (SSSR count). The number of amides is 1. The summed E-state index contributed by atoms with van der Waals surface area (Å²) >= 11 is 3.40. The monoisotopic (exact) mass is 299 g/mol. The average Bonchev–Trinajstić information content (AvgIpc) is 2.19. The van der Waals surface area contributed by atoms with Crippen molar-refractivity contribution in [3.8, 4) is 0 Å². The van der Waals surface area contributed by atoms with E-state index in [4.69, 9.17) is 11.5 Å². The molecule has 0 unspecified atom stereocenters. The third kappa shape index (κ3) is 4.26. The molecule has 0 atom stereocenters. The maximum absolute atomic E-state index is 11.1. The highest BCUT2D eigenvalue weighted by Crippen LogP contribution is 2.27. The van der Waals surface area contributed by atoms with E-state index in [2.05, 4.69) is 29.8 Å². The lowest BCUT2D eigenvalue weighted by molar-refractivity contribution is -0.116. The lowest BCUT2D eigenvalue weighted by atomic mass is 10.1. The Morgan fingerprint density at radius 1 is 1.47 bits per heavy atom. The molecule has 0 fully saturated rings. The molecule has 4 nitrogen and oxygen atoms in total. The van der Waals surface area contributed by atoms with E-state index >= 15 is 0 Å². The number of anilines is 2. The fourth-order valence-electron chi connectivity index (χ4n) is 1.67. The van der Waals surface area contributed by atoms with Crippen LogP contribution in [0.25, 0.3) is 0 Å². The first-order valence-electron chi connectivity index (χ1n) is 5.48. The summed E-state index contributed by atoms with van der Waals surface area (Å²) in [6, 6.07) is 5.59. The Bertz CT molecular complexity index is 407. The minimum atomic E-state index is -0.356. The summed E-state index contributed by atoms with van der Waals surface area (Å²) < 4.78 is 0.930. The van der Waals surface area contributed by atoms with E-state index in [1.165, 1.54) is 0 Å². The van der Waals surface area contributed by atoms with Crippen LogP contribution >= 0.6 is 15.9 Å². The average molecular weight is 300 g/mol. The van der Waals surface area contributed by atoms with Crippen LogP contribution in [-0.2, 0) is 4.79 Å². The molecule has 0 heterocycles. The largest absolute Gasteiger partial charge is 0.397 e. The fourth-order valence-corrected chi connectivity index (χ4v) is 2.02. The Hall–Kier alpha value is -1.23.